The fourth-order valence-electron chi connectivity index (χ4n) is 2.36. The molecule has 1 N–H and O–H groups in total. The molecule has 0 aliphatic carbocycles. The van der Waals surface area contributed by atoms with Gasteiger partial charge < -0.3 is 15.0 Å². The second-order valence-electron chi connectivity index (χ2n) is 4.58. The Hall–Kier alpha value is -1.36. The first-order valence-corrected chi connectivity index (χ1v) is 6.94. The molecule has 0 aliphatic rings. The minimum atomic E-state index is 0.480. The summed E-state index contributed by atoms with van der Waals surface area (Å²) in [5, 5.41) is 3.11. The van der Waals surface area contributed by atoms with Gasteiger partial charge in [-0.1, -0.05) is 13.8 Å². The van der Waals surface area contributed by atoms with E-state index in [9.17, 15) is 0 Å². The number of aromatic nitrogens is 2. The maximum absolute atomic E-state index is 5.23. The zero-order valence-corrected chi connectivity index (χ0v) is 12.7. The van der Waals surface area contributed by atoms with Crippen LogP contribution in [0.4, 0.5) is 11.6 Å². The van der Waals surface area contributed by atoms with E-state index in [4.69, 9.17) is 4.74 Å². The van der Waals surface area contributed by atoms with Crippen LogP contribution in [0.2, 0.25) is 0 Å². The van der Waals surface area contributed by atoms with Gasteiger partial charge in [-0.05, 0) is 19.8 Å². The summed E-state index contributed by atoms with van der Waals surface area (Å²) in [5.74, 6) is 1.89. The summed E-state index contributed by atoms with van der Waals surface area (Å²) in [4.78, 5) is 11.1. The van der Waals surface area contributed by atoms with E-state index in [2.05, 4.69) is 41.0 Å². The molecule has 0 radical (unpaired) electrons. The molecule has 5 heteroatoms. The van der Waals surface area contributed by atoms with Gasteiger partial charge in [-0.2, -0.15) is 0 Å². The van der Waals surface area contributed by atoms with Crippen LogP contribution in [0.25, 0.3) is 0 Å². The van der Waals surface area contributed by atoms with Crippen molar-refractivity contribution in [3.05, 3.63) is 11.9 Å². The van der Waals surface area contributed by atoms with E-state index in [0.717, 1.165) is 36.6 Å². The summed E-state index contributed by atoms with van der Waals surface area (Å²) in [6.45, 7) is 8.04. The molecule has 0 amide bonds. The smallest absolute Gasteiger partial charge is 0.137 e. The molecular formula is C14H26N4O. The van der Waals surface area contributed by atoms with E-state index in [1.807, 2.05) is 7.05 Å². The molecule has 0 saturated carbocycles. The molecule has 0 unspecified atom stereocenters. The molecule has 0 atom stereocenters. The van der Waals surface area contributed by atoms with Gasteiger partial charge >= 0.3 is 0 Å². The Morgan fingerprint density at radius 3 is 2.53 bits per heavy atom. The van der Waals surface area contributed by atoms with Crippen LogP contribution in [0.3, 0.4) is 0 Å². The number of anilines is 2. The molecule has 1 aromatic heterocycles. The van der Waals surface area contributed by atoms with Crippen LogP contribution < -0.4 is 10.2 Å². The van der Waals surface area contributed by atoms with Crippen molar-refractivity contribution in [3.63, 3.8) is 0 Å². The third kappa shape index (κ3) is 3.80. The quantitative estimate of drug-likeness (QED) is 0.783. The van der Waals surface area contributed by atoms with E-state index in [-0.39, 0.29) is 0 Å². The van der Waals surface area contributed by atoms with E-state index >= 15 is 0 Å². The van der Waals surface area contributed by atoms with Gasteiger partial charge in [-0.25, -0.2) is 9.97 Å². The van der Waals surface area contributed by atoms with Crippen molar-refractivity contribution in [3.8, 4) is 0 Å². The molecule has 0 spiro atoms. The second kappa shape index (κ2) is 7.94. The number of methoxy groups -OCH3 is 1. The van der Waals surface area contributed by atoms with Gasteiger partial charge in [0.15, 0.2) is 0 Å². The normalized spacial score (nSPS) is 10.8. The number of nitrogens with one attached hydrogen (secondary N) is 1. The van der Waals surface area contributed by atoms with Crippen molar-refractivity contribution in [2.75, 3.05) is 37.5 Å². The molecule has 1 aromatic rings. The molecule has 1 rings (SSSR count). The summed E-state index contributed by atoms with van der Waals surface area (Å²) in [5.41, 5.74) is 1.09. The van der Waals surface area contributed by atoms with Crippen LogP contribution in [-0.2, 0) is 4.74 Å². The number of nitrogens with zero attached hydrogens (tertiary/aromatic N) is 3. The maximum Gasteiger partial charge on any atom is 0.137 e. The summed E-state index contributed by atoms with van der Waals surface area (Å²) < 4.78 is 5.23. The minimum absolute atomic E-state index is 0.480. The predicted molar refractivity (Wildman–Crippen MR) is 79.9 cm³/mol. The zero-order chi connectivity index (χ0) is 14.3. The molecule has 1 heterocycles. The number of rotatable bonds is 8. The maximum atomic E-state index is 5.23. The third-order valence-electron chi connectivity index (χ3n) is 3.49. The lowest BCUT2D eigenvalue weighted by atomic mass is 10.1. The molecule has 19 heavy (non-hydrogen) atoms. The summed E-state index contributed by atoms with van der Waals surface area (Å²) >= 11 is 0. The Kier molecular flexibility index (Phi) is 6.56. The first-order chi connectivity index (χ1) is 9.19. The minimum Gasteiger partial charge on any atom is -0.383 e. The van der Waals surface area contributed by atoms with Crippen LogP contribution in [0.5, 0.6) is 0 Å². The fraction of sp³-hybridized carbons (Fsp3) is 0.714. The average Bonchev–Trinajstić information content (AvgIpc) is 2.44. The van der Waals surface area contributed by atoms with E-state index in [0.29, 0.717) is 12.6 Å². The van der Waals surface area contributed by atoms with Crippen molar-refractivity contribution in [1.82, 2.24) is 9.97 Å². The average molecular weight is 266 g/mol. The first-order valence-electron chi connectivity index (χ1n) is 6.94. The Morgan fingerprint density at radius 2 is 2.00 bits per heavy atom. The monoisotopic (exact) mass is 266 g/mol. The van der Waals surface area contributed by atoms with Gasteiger partial charge in [0.2, 0.25) is 0 Å². The number of hydrogen-bond acceptors (Lipinski definition) is 5. The third-order valence-corrected chi connectivity index (χ3v) is 3.49. The van der Waals surface area contributed by atoms with Gasteiger partial charge in [-0.15, -0.1) is 0 Å². The highest BCUT2D eigenvalue weighted by Gasteiger charge is 2.20. The molecule has 108 valence electrons. The highest BCUT2D eigenvalue weighted by Crippen LogP contribution is 2.25. The summed E-state index contributed by atoms with van der Waals surface area (Å²) in [7, 11) is 3.62. The lowest BCUT2D eigenvalue weighted by Gasteiger charge is -2.32. The number of hydrogen-bond donors (Lipinski definition) is 1. The molecular weight excluding hydrogens is 240 g/mol. The van der Waals surface area contributed by atoms with Crippen molar-refractivity contribution in [1.29, 1.82) is 0 Å². The molecule has 0 aliphatic heterocycles. The van der Waals surface area contributed by atoms with Crippen molar-refractivity contribution >= 4 is 11.6 Å². The first kappa shape index (κ1) is 15.7. The van der Waals surface area contributed by atoms with Crippen LogP contribution >= 0.6 is 0 Å². The zero-order valence-electron chi connectivity index (χ0n) is 12.7. The lowest BCUT2D eigenvalue weighted by Crippen LogP contribution is -2.38. The Bertz CT molecular complexity index is 380. The molecule has 0 bridgehead atoms. The van der Waals surface area contributed by atoms with Crippen molar-refractivity contribution in [2.45, 2.75) is 39.7 Å². The molecule has 5 nitrogen and oxygen atoms in total. The van der Waals surface area contributed by atoms with Crippen LogP contribution in [0, 0.1) is 6.92 Å². The van der Waals surface area contributed by atoms with Crippen molar-refractivity contribution in [2.24, 2.45) is 0 Å². The standard InChI is InChI=1S/C14H26N4O/c1-6-12(7-2)18(8-9-19-5)14-11(3)13(15-4)16-10-17-14/h10,12H,6-9H2,1-5H3,(H,15,16,17). The number of ether oxygens (including phenoxy) is 1. The highest BCUT2D eigenvalue weighted by atomic mass is 16.5. The lowest BCUT2D eigenvalue weighted by molar-refractivity contribution is 0.202. The second-order valence-corrected chi connectivity index (χ2v) is 4.58. The highest BCUT2D eigenvalue weighted by molar-refractivity contribution is 5.58. The fourth-order valence-corrected chi connectivity index (χ4v) is 2.36. The van der Waals surface area contributed by atoms with Gasteiger partial charge in [0, 0.05) is 32.3 Å². The summed E-state index contributed by atoms with van der Waals surface area (Å²) in [6, 6.07) is 0.480. The van der Waals surface area contributed by atoms with Crippen molar-refractivity contribution < 1.29 is 4.74 Å². The SMILES string of the molecule is CCC(CC)N(CCOC)c1ncnc(NC)c1C. The van der Waals surface area contributed by atoms with Crippen LogP contribution in [0.15, 0.2) is 6.33 Å². The Morgan fingerprint density at radius 1 is 1.32 bits per heavy atom. The van der Waals surface area contributed by atoms with E-state index < -0.39 is 0 Å². The predicted octanol–water partition coefficient (Wildman–Crippen LogP) is 2.47. The van der Waals surface area contributed by atoms with Gasteiger partial charge in [0.25, 0.3) is 0 Å². The van der Waals surface area contributed by atoms with Gasteiger partial charge in [0.05, 0.1) is 6.61 Å². The summed E-state index contributed by atoms with van der Waals surface area (Å²) in [6.07, 6.45) is 3.81. The van der Waals surface area contributed by atoms with Gasteiger partial charge in [0.1, 0.15) is 18.0 Å². The van der Waals surface area contributed by atoms with Gasteiger partial charge in [-0.3, -0.25) is 0 Å². The van der Waals surface area contributed by atoms with Crippen LogP contribution in [-0.4, -0.2) is 43.3 Å². The Balaban J connectivity index is 3.08. The molecule has 0 fully saturated rings. The topological polar surface area (TPSA) is 50.3 Å². The Labute approximate surface area is 116 Å². The van der Waals surface area contributed by atoms with E-state index in [1.165, 1.54) is 0 Å². The molecule has 0 aromatic carbocycles. The van der Waals surface area contributed by atoms with E-state index in [1.54, 1.807) is 13.4 Å². The molecule has 0 saturated heterocycles. The van der Waals surface area contributed by atoms with Crippen LogP contribution in [0.1, 0.15) is 32.3 Å². The largest absolute Gasteiger partial charge is 0.383 e.